The molecular weight excluding hydrogens is 470 g/mol. The topological polar surface area (TPSA) is 106 Å². The minimum absolute atomic E-state index is 0.0134. The first kappa shape index (κ1) is 27.2. The third-order valence-electron chi connectivity index (χ3n) is 5.83. The summed E-state index contributed by atoms with van der Waals surface area (Å²) in [6, 6.07) is 7.74. The molecule has 2 aromatic heterocycles. The van der Waals surface area contributed by atoms with Crippen LogP contribution in [0.25, 0.3) is 10.9 Å². The van der Waals surface area contributed by atoms with Crippen LogP contribution in [0.15, 0.2) is 36.5 Å². The van der Waals surface area contributed by atoms with Crippen LogP contribution in [0.4, 0.5) is 14.5 Å². The van der Waals surface area contributed by atoms with Crippen LogP contribution in [0, 0.1) is 0 Å². The number of pyridine rings is 1. The highest BCUT2D eigenvalue weighted by molar-refractivity contribution is 6.05. The van der Waals surface area contributed by atoms with Crippen molar-refractivity contribution in [2.45, 2.75) is 70.4 Å². The summed E-state index contributed by atoms with van der Waals surface area (Å²) in [5.74, 6) is -3.48. The Bertz CT molecular complexity index is 1190. The van der Waals surface area contributed by atoms with Gasteiger partial charge in [-0.3, -0.25) is 9.48 Å². The van der Waals surface area contributed by atoms with E-state index >= 15 is 0 Å². The molecule has 2 heterocycles. The summed E-state index contributed by atoms with van der Waals surface area (Å²) in [7, 11) is 0. The number of halogens is 2. The molecule has 3 aromatic rings. The maximum atomic E-state index is 13.7. The van der Waals surface area contributed by atoms with Crippen molar-refractivity contribution in [2.24, 2.45) is 0 Å². The van der Waals surface area contributed by atoms with Gasteiger partial charge in [-0.2, -0.15) is 13.9 Å². The summed E-state index contributed by atoms with van der Waals surface area (Å²) >= 11 is 0. The van der Waals surface area contributed by atoms with E-state index in [0.717, 1.165) is 25.2 Å². The number of carbonyl (C=O) groups excluding carboxylic acids is 2. The number of alkyl halides is 2. The molecule has 1 aromatic carbocycles. The normalized spacial score (nSPS) is 14.7. The Balaban J connectivity index is 0.00000176. The third-order valence-corrected chi connectivity index (χ3v) is 5.83. The van der Waals surface area contributed by atoms with Crippen molar-refractivity contribution in [3.05, 3.63) is 47.9 Å². The number of rotatable bonds is 7. The van der Waals surface area contributed by atoms with Crippen LogP contribution in [0.5, 0.6) is 5.75 Å². The molecule has 1 saturated carbocycles. The first-order chi connectivity index (χ1) is 17.0. The van der Waals surface area contributed by atoms with Gasteiger partial charge in [0.15, 0.2) is 0 Å². The second-order valence-corrected chi connectivity index (χ2v) is 9.66. The highest BCUT2D eigenvalue weighted by Gasteiger charge is 2.27. The Hall–Kier alpha value is -3.40. The van der Waals surface area contributed by atoms with Gasteiger partial charge in [0.1, 0.15) is 30.5 Å². The lowest BCUT2D eigenvalue weighted by Gasteiger charge is -2.21. The predicted molar refractivity (Wildman–Crippen MR) is 133 cm³/mol. The van der Waals surface area contributed by atoms with Gasteiger partial charge in [-0.1, -0.05) is 25.3 Å². The summed E-state index contributed by atoms with van der Waals surface area (Å²) in [5, 5.41) is 18.4. The fraction of sp³-hybridized carbons (Fsp3) is 0.462. The molecule has 1 aliphatic carbocycles. The van der Waals surface area contributed by atoms with E-state index in [1.165, 1.54) is 37.5 Å². The van der Waals surface area contributed by atoms with Crippen molar-refractivity contribution in [2.75, 3.05) is 11.9 Å². The van der Waals surface area contributed by atoms with Gasteiger partial charge >= 0.3 is 0 Å². The number of benzene rings is 1. The zero-order valence-electron chi connectivity index (χ0n) is 20.8. The largest absolute Gasteiger partial charge is 0.488 e. The number of carbonyl (C=O) groups is 2. The lowest BCUT2D eigenvalue weighted by molar-refractivity contribution is -0.0980. The number of fused-ring (bicyclic) bond motifs is 1. The van der Waals surface area contributed by atoms with Crippen LogP contribution in [0.2, 0.25) is 0 Å². The summed E-state index contributed by atoms with van der Waals surface area (Å²) in [6.07, 6.45) is 7.68. The van der Waals surface area contributed by atoms with Crippen LogP contribution < -0.4 is 10.1 Å². The van der Waals surface area contributed by atoms with E-state index in [9.17, 15) is 18.7 Å². The minimum Gasteiger partial charge on any atom is -0.488 e. The molecule has 2 N–H and O–H groups in total. The minimum atomic E-state index is -3.16. The van der Waals surface area contributed by atoms with Gasteiger partial charge in [-0.05, 0) is 44.9 Å². The fourth-order valence-electron chi connectivity index (χ4n) is 4.07. The molecule has 194 valence electrons. The van der Waals surface area contributed by atoms with Gasteiger partial charge in [0.2, 0.25) is 0 Å². The van der Waals surface area contributed by atoms with Gasteiger partial charge in [0.25, 0.3) is 11.8 Å². The maximum absolute atomic E-state index is 13.7. The maximum Gasteiger partial charge on any atom is 0.287 e. The van der Waals surface area contributed by atoms with Gasteiger partial charge in [0, 0.05) is 24.6 Å². The molecular formula is C26H32F2N4O4. The molecule has 0 aliphatic heterocycles. The fourth-order valence-corrected chi connectivity index (χ4v) is 4.07. The van der Waals surface area contributed by atoms with Crippen LogP contribution >= 0.6 is 0 Å². The third kappa shape index (κ3) is 6.84. The number of ether oxygens (including phenoxy) is 1. The first-order valence-corrected chi connectivity index (χ1v) is 11.8. The zero-order chi connectivity index (χ0) is 26.5. The Kier molecular flexibility index (Phi) is 8.39. The molecule has 4 rings (SSSR count). The van der Waals surface area contributed by atoms with Crippen molar-refractivity contribution in [3.63, 3.8) is 0 Å². The first-order valence-electron chi connectivity index (χ1n) is 11.8. The van der Waals surface area contributed by atoms with Crippen LogP contribution in [-0.2, 0) is 10.7 Å². The molecule has 0 bridgehead atoms. The molecule has 36 heavy (non-hydrogen) atoms. The van der Waals surface area contributed by atoms with E-state index in [4.69, 9.17) is 14.6 Å². The Labute approximate surface area is 208 Å². The second kappa shape index (κ2) is 11.1. The summed E-state index contributed by atoms with van der Waals surface area (Å²) in [4.78, 5) is 24.7. The molecule has 0 saturated heterocycles. The molecule has 0 radical (unpaired) electrons. The van der Waals surface area contributed by atoms with Crippen molar-refractivity contribution >= 4 is 29.3 Å². The van der Waals surface area contributed by atoms with Gasteiger partial charge in [-0.25, -0.2) is 4.98 Å². The number of hydrogen-bond donors (Lipinski definition) is 2. The number of aromatic nitrogens is 3. The van der Waals surface area contributed by atoms with E-state index < -0.39 is 23.1 Å². The molecule has 1 fully saturated rings. The lowest BCUT2D eigenvalue weighted by atomic mass is 9.96. The van der Waals surface area contributed by atoms with Gasteiger partial charge in [-0.15, -0.1) is 0 Å². The summed E-state index contributed by atoms with van der Waals surface area (Å²) < 4.78 is 35.2. The second-order valence-electron chi connectivity index (χ2n) is 9.66. The van der Waals surface area contributed by atoms with E-state index in [1.54, 1.807) is 26.0 Å². The smallest absolute Gasteiger partial charge is 0.287 e. The van der Waals surface area contributed by atoms with Crippen LogP contribution in [-0.4, -0.2) is 44.8 Å². The van der Waals surface area contributed by atoms with Crippen molar-refractivity contribution in [1.82, 2.24) is 14.8 Å². The van der Waals surface area contributed by atoms with Gasteiger partial charge in [0.05, 0.1) is 22.8 Å². The zero-order valence-corrected chi connectivity index (χ0v) is 20.8. The Morgan fingerprint density at radius 1 is 1.19 bits per heavy atom. The van der Waals surface area contributed by atoms with E-state index in [0.29, 0.717) is 23.0 Å². The number of hydrogen-bond acceptors (Lipinski definition) is 6. The average Bonchev–Trinajstić information content (AvgIpc) is 3.26. The Morgan fingerprint density at radius 3 is 2.53 bits per heavy atom. The molecule has 1 amide bonds. The molecule has 0 spiro atoms. The highest BCUT2D eigenvalue weighted by atomic mass is 19.3. The average molecular weight is 503 g/mol. The number of nitrogens with zero attached hydrogens (tertiary/aromatic N) is 3. The van der Waals surface area contributed by atoms with Crippen molar-refractivity contribution < 1.29 is 28.2 Å². The van der Waals surface area contributed by atoms with E-state index in [-0.39, 0.29) is 12.3 Å². The van der Waals surface area contributed by atoms with Crippen molar-refractivity contribution in [1.29, 1.82) is 0 Å². The standard InChI is InChI=1S/C25H30F2N4O3.CH2O/c1-24(2,33)15-34-21-13-19-16(14-31(30-19)17-8-5-4-6-9-17)12-20(21)29-23(32)18-10-7-11-22(28-18)25(3,26)27;1-2/h7,10-14,17,33H,4-6,8-9,15H2,1-3H3,(H,29,32);1H2. The Morgan fingerprint density at radius 2 is 1.89 bits per heavy atom. The van der Waals surface area contributed by atoms with E-state index in [1.807, 2.05) is 17.7 Å². The molecule has 1 aliphatic rings. The summed E-state index contributed by atoms with van der Waals surface area (Å²) in [6.45, 7) is 5.95. The van der Waals surface area contributed by atoms with Crippen molar-refractivity contribution in [3.8, 4) is 5.75 Å². The quantitative estimate of drug-likeness (QED) is 0.456. The number of amides is 1. The van der Waals surface area contributed by atoms with E-state index in [2.05, 4.69) is 10.3 Å². The SMILES string of the molecule is C=O.CC(C)(O)COc1cc2nn(C3CCCCC3)cc2cc1NC(=O)c1cccc(C(C)(F)F)n1. The monoisotopic (exact) mass is 502 g/mol. The van der Waals surface area contributed by atoms with Crippen LogP contribution in [0.3, 0.4) is 0 Å². The highest BCUT2D eigenvalue weighted by Crippen LogP contribution is 2.34. The van der Waals surface area contributed by atoms with Gasteiger partial charge < -0.3 is 20.0 Å². The molecule has 0 unspecified atom stereocenters. The lowest BCUT2D eigenvalue weighted by Crippen LogP contribution is -2.28. The number of aliphatic hydroxyl groups is 1. The summed E-state index contributed by atoms with van der Waals surface area (Å²) in [5.41, 5.74) is -0.658. The molecule has 10 heteroatoms. The number of nitrogens with one attached hydrogen (secondary N) is 1. The predicted octanol–water partition coefficient (Wildman–Crippen LogP) is 5.27. The number of anilines is 1. The van der Waals surface area contributed by atoms with Crippen LogP contribution in [0.1, 0.15) is 75.1 Å². The molecule has 0 atom stereocenters. The molecule has 8 nitrogen and oxygen atoms in total.